The van der Waals surface area contributed by atoms with Gasteiger partial charge in [0.05, 0.1) is 4.92 Å². The van der Waals surface area contributed by atoms with Gasteiger partial charge in [-0.05, 0) is 24.6 Å². The Labute approximate surface area is 132 Å². The predicted octanol–water partition coefficient (Wildman–Crippen LogP) is 3.28. The van der Waals surface area contributed by atoms with Gasteiger partial charge in [0.1, 0.15) is 17.4 Å². The topological polar surface area (TPSA) is 81.8 Å². The molecular weight excluding hydrogens is 296 g/mol. The van der Waals surface area contributed by atoms with Gasteiger partial charge in [-0.3, -0.25) is 14.9 Å². The fourth-order valence-corrected chi connectivity index (χ4v) is 2.66. The number of hydrogen-bond acceptors (Lipinski definition) is 5. The zero-order valence-corrected chi connectivity index (χ0v) is 12.4. The third-order valence-electron chi connectivity index (χ3n) is 3.80. The second-order valence-electron chi connectivity index (χ2n) is 5.31. The molecule has 0 unspecified atom stereocenters. The Morgan fingerprint density at radius 2 is 1.78 bits per heavy atom. The summed E-state index contributed by atoms with van der Waals surface area (Å²) >= 11 is 0. The summed E-state index contributed by atoms with van der Waals surface area (Å²) < 4.78 is 0. The van der Waals surface area contributed by atoms with Gasteiger partial charge in [0.2, 0.25) is 0 Å². The molecule has 1 aliphatic rings. The zero-order chi connectivity index (χ0) is 16.4. The van der Waals surface area contributed by atoms with E-state index in [1.54, 1.807) is 12.1 Å². The number of non-ortho nitro benzene ring substituents is 1. The second kappa shape index (κ2) is 6.00. The van der Waals surface area contributed by atoms with E-state index in [1.165, 1.54) is 19.1 Å². The van der Waals surface area contributed by atoms with Crippen molar-refractivity contribution in [3.63, 3.8) is 0 Å². The van der Waals surface area contributed by atoms with Crippen LogP contribution in [0.3, 0.4) is 0 Å². The van der Waals surface area contributed by atoms with E-state index in [2.05, 4.69) is 5.16 Å². The lowest BCUT2D eigenvalue weighted by Gasteiger charge is -2.16. The van der Waals surface area contributed by atoms with Crippen molar-refractivity contribution in [2.75, 3.05) is 0 Å². The van der Waals surface area contributed by atoms with Crippen LogP contribution in [0.1, 0.15) is 24.2 Å². The third kappa shape index (κ3) is 2.83. The van der Waals surface area contributed by atoms with Gasteiger partial charge in [0, 0.05) is 17.7 Å². The Bertz CT molecular complexity index is 769. The van der Waals surface area contributed by atoms with E-state index < -0.39 is 16.9 Å². The number of nitro groups is 1. The average Bonchev–Trinajstić information content (AvgIpc) is 3.01. The Hall–Kier alpha value is -3.02. The zero-order valence-electron chi connectivity index (χ0n) is 12.4. The lowest BCUT2D eigenvalue weighted by Crippen LogP contribution is -2.25. The number of nitrogens with zero attached hydrogens (tertiary/aromatic N) is 2. The molecule has 0 saturated carbocycles. The van der Waals surface area contributed by atoms with Crippen LogP contribution in [0.5, 0.6) is 0 Å². The van der Waals surface area contributed by atoms with Crippen LogP contribution in [0.15, 0.2) is 59.8 Å². The summed E-state index contributed by atoms with van der Waals surface area (Å²) in [6, 6.07) is 15.4. The molecule has 0 spiro atoms. The predicted molar refractivity (Wildman–Crippen MR) is 84.1 cm³/mol. The van der Waals surface area contributed by atoms with Gasteiger partial charge in [-0.25, -0.2) is 0 Å². The van der Waals surface area contributed by atoms with Gasteiger partial charge in [-0.1, -0.05) is 35.5 Å². The lowest BCUT2D eigenvalue weighted by atomic mass is 9.86. The minimum absolute atomic E-state index is 0.00433. The lowest BCUT2D eigenvalue weighted by molar-refractivity contribution is -0.384. The molecule has 6 heteroatoms. The van der Waals surface area contributed by atoms with Crippen molar-refractivity contribution in [3.8, 4) is 0 Å². The van der Waals surface area contributed by atoms with Crippen molar-refractivity contribution in [1.29, 1.82) is 0 Å². The molecule has 6 nitrogen and oxygen atoms in total. The number of nitro benzene ring substituents is 1. The summed E-state index contributed by atoms with van der Waals surface area (Å²) in [6.07, 6.45) is -0.566. The molecule has 2 atom stereocenters. The Morgan fingerprint density at radius 1 is 1.13 bits per heavy atom. The first-order valence-electron chi connectivity index (χ1n) is 7.12. The van der Waals surface area contributed by atoms with Crippen LogP contribution in [0.2, 0.25) is 0 Å². The van der Waals surface area contributed by atoms with Crippen LogP contribution in [0, 0.1) is 16.0 Å². The fourth-order valence-electron chi connectivity index (χ4n) is 2.66. The highest BCUT2D eigenvalue weighted by Crippen LogP contribution is 2.36. The molecule has 0 aliphatic carbocycles. The largest absolute Gasteiger partial charge is 0.386 e. The van der Waals surface area contributed by atoms with E-state index in [9.17, 15) is 14.9 Å². The minimum atomic E-state index is -0.566. The molecule has 3 rings (SSSR count). The van der Waals surface area contributed by atoms with E-state index in [-0.39, 0.29) is 11.5 Å². The maximum atomic E-state index is 12.1. The first-order chi connectivity index (χ1) is 11.1. The monoisotopic (exact) mass is 310 g/mol. The van der Waals surface area contributed by atoms with Crippen LogP contribution in [-0.2, 0) is 9.63 Å². The van der Waals surface area contributed by atoms with Gasteiger partial charge in [-0.2, -0.15) is 0 Å². The molecule has 2 aromatic carbocycles. The number of ketones is 1. The van der Waals surface area contributed by atoms with Crippen molar-refractivity contribution in [2.24, 2.45) is 11.1 Å². The number of carbonyl (C=O) groups is 1. The summed E-state index contributed by atoms with van der Waals surface area (Å²) in [4.78, 5) is 27.9. The van der Waals surface area contributed by atoms with Crippen molar-refractivity contribution < 1.29 is 14.6 Å². The summed E-state index contributed by atoms with van der Waals surface area (Å²) in [5, 5.41) is 14.8. The van der Waals surface area contributed by atoms with Gasteiger partial charge in [0.25, 0.3) is 5.69 Å². The number of carbonyl (C=O) groups excluding carboxylic acids is 1. The summed E-state index contributed by atoms with van der Waals surface area (Å²) in [5.41, 5.74) is 2.10. The molecule has 0 saturated heterocycles. The number of benzene rings is 2. The van der Waals surface area contributed by atoms with E-state index in [0.29, 0.717) is 11.3 Å². The summed E-state index contributed by atoms with van der Waals surface area (Å²) in [7, 11) is 0. The number of rotatable bonds is 4. The van der Waals surface area contributed by atoms with E-state index in [4.69, 9.17) is 4.84 Å². The summed E-state index contributed by atoms with van der Waals surface area (Å²) in [5.74, 6) is -0.590. The Balaban J connectivity index is 1.92. The highest BCUT2D eigenvalue weighted by atomic mass is 16.6. The normalized spacial score (nSPS) is 19.8. The SMILES string of the molecule is CC(=O)[C@@H]1C(c2ccccc2)=NO[C@H]1c1ccc([N+](=O)[O-])cc1. The highest BCUT2D eigenvalue weighted by Gasteiger charge is 2.39. The average molecular weight is 310 g/mol. The molecule has 0 N–H and O–H groups in total. The molecule has 0 radical (unpaired) electrons. The highest BCUT2D eigenvalue weighted by molar-refractivity contribution is 6.14. The molecule has 23 heavy (non-hydrogen) atoms. The van der Waals surface area contributed by atoms with Crippen molar-refractivity contribution in [1.82, 2.24) is 0 Å². The van der Waals surface area contributed by atoms with E-state index in [1.807, 2.05) is 30.3 Å². The molecule has 0 bridgehead atoms. The van der Waals surface area contributed by atoms with Crippen molar-refractivity contribution >= 4 is 17.2 Å². The standard InChI is InChI=1S/C17H14N2O4/c1-11(20)15-16(12-5-3-2-4-6-12)18-23-17(15)13-7-9-14(10-8-13)19(21)22/h2-10,15,17H,1H3/t15-,17+/m1/s1. The molecule has 1 heterocycles. The van der Waals surface area contributed by atoms with Crippen molar-refractivity contribution in [3.05, 3.63) is 75.8 Å². The molecule has 0 aromatic heterocycles. The van der Waals surface area contributed by atoms with Crippen LogP contribution >= 0.6 is 0 Å². The molecule has 0 amide bonds. The maximum absolute atomic E-state index is 12.1. The fraction of sp³-hybridized carbons (Fsp3) is 0.176. The molecule has 116 valence electrons. The minimum Gasteiger partial charge on any atom is -0.386 e. The Kier molecular flexibility index (Phi) is 3.89. The maximum Gasteiger partial charge on any atom is 0.269 e. The molecule has 0 fully saturated rings. The summed E-state index contributed by atoms with van der Waals surface area (Å²) in [6.45, 7) is 1.50. The van der Waals surface area contributed by atoms with E-state index in [0.717, 1.165) is 5.56 Å². The quantitative estimate of drug-likeness (QED) is 0.641. The van der Waals surface area contributed by atoms with E-state index >= 15 is 0 Å². The molecule has 1 aliphatic heterocycles. The first kappa shape index (κ1) is 14.9. The van der Waals surface area contributed by atoms with Crippen LogP contribution in [-0.4, -0.2) is 16.4 Å². The Morgan fingerprint density at radius 3 is 2.35 bits per heavy atom. The van der Waals surface area contributed by atoms with Gasteiger partial charge >= 0.3 is 0 Å². The third-order valence-corrected chi connectivity index (χ3v) is 3.80. The van der Waals surface area contributed by atoms with Crippen LogP contribution in [0.25, 0.3) is 0 Å². The number of Topliss-reactive ketones (excluding diaryl/α,β-unsaturated/α-hetero) is 1. The van der Waals surface area contributed by atoms with Crippen LogP contribution < -0.4 is 0 Å². The van der Waals surface area contributed by atoms with Crippen molar-refractivity contribution in [2.45, 2.75) is 13.0 Å². The molecule has 2 aromatic rings. The van der Waals surface area contributed by atoms with Gasteiger partial charge < -0.3 is 4.84 Å². The smallest absolute Gasteiger partial charge is 0.269 e. The molecular formula is C17H14N2O4. The first-order valence-corrected chi connectivity index (χ1v) is 7.12. The van der Waals surface area contributed by atoms with Gasteiger partial charge in [0.15, 0.2) is 6.10 Å². The van der Waals surface area contributed by atoms with Gasteiger partial charge in [-0.15, -0.1) is 0 Å². The second-order valence-corrected chi connectivity index (χ2v) is 5.31. The van der Waals surface area contributed by atoms with Crippen LogP contribution in [0.4, 0.5) is 5.69 Å². The number of oxime groups is 1. The number of hydrogen-bond donors (Lipinski definition) is 0.